The number of hydrogen-bond donors (Lipinski definition) is 0. The number of carboxylic acids is 1. The predicted molar refractivity (Wildman–Crippen MR) is 380 cm³/mol. The molecule has 0 aliphatic rings. The molecule has 0 aromatic heterocycles. The average Bonchev–Trinajstić information content (AvgIpc) is 3.64. The smallest absolute Gasteiger partial charge is 0.306 e. The molecule has 0 N–H and O–H groups in total. The Labute approximate surface area is 548 Å². The zero-order valence-electron chi connectivity index (χ0n) is 58.3. The summed E-state index contributed by atoms with van der Waals surface area (Å²) in [7, 11) is 5.93. The molecule has 0 fully saturated rings. The van der Waals surface area contributed by atoms with Gasteiger partial charge in [-0.25, -0.2) is 0 Å². The summed E-state index contributed by atoms with van der Waals surface area (Å²) in [6.07, 6.45) is 95.9. The van der Waals surface area contributed by atoms with Crippen LogP contribution in [-0.2, 0) is 33.3 Å². The van der Waals surface area contributed by atoms with Gasteiger partial charge in [0.25, 0.3) is 0 Å². The highest BCUT2D eigenvalue weighted by molar-refractivity contribution is 5.70. The molecule has 0 aliphatic heterocycles. The van der Waals surface area contributed by atoms with Crippen LogP contribution in [0.1, 0.15) is 309 Å². The van der Waals surface area contributed by atoms with Gasteiger partial charge in [-0.2, -0.15) is 0 Å². The molecule has 9 heteroatoms. The van der Waals surface area contributed by atoms with Crippen molar-refractivity contribution in [3.05, 3.63) is 122 Å². The average molecular weight is 1240 g/mol. The molecule has 0 radical (unpaired) electrons. The molecule has 0 rings (SSSR count). The maximum atomic E-state index is 12.9. The number of hydrogen-bond acceptors (Lipinski definition) is 8. The molecule has 510 valence electrons. The van der Waals surface area contributed by atoms with E-state index in [9.17, 15) is 19.5 Å². The van der Waals surface area contributed by atoms with E-state index < -0.39 is 24.3 Å². The molecule has 0 aliphatic carbocycles. The molecule has 0 bridgehead atoms. The van der Waals surface area contributed by atoms with Crippen molar-refractivity contribution in [1.29, 1.82) is 0 Å². The number of nitrogens with zero attached hydrogens (tertiary/aromatic N) is 1. The van der Waals surface area contributed by atoms with Gasteiger partial charge in [-0.1, -0.05) is 315 Å². The van der Waals surface area contributed by atoms with Crippen LogP contribution in [0.25, 0.3) is 0 Å². The van der Waals surface area contributed by atoms with E-state index in [2.05, 4.69) is 135 Å². The lowest BCUT2D eigenvalue weighted by Gasteiger charge is -2.26. The first-order chi connectivity index (χ1) is 43.6. The van der Waals surface area contributed by atoms with E-state index in [0.29, 0.717) is 17.4 Å². The van der Waals surface area contributed by atoms with Crippen molar-refractivity contribution in [3.63, 3.8) is 0 Å². The summed E-state index contributed by atoms with van der Waals surface area (Å²) in [5, 5.41) is 11.8. The Morgan fingerprint density at radius 3 is 0.899 bits per heavy atom. The second kappa shape index (κ2) is 69.6. The van der Waals surface area contributed by atoms with E-state index in [0.717, 1.165) is 109 Å². The third-order valence-corrected chi connectivity index (χ3v) is 15.7. The predicted octanol–water partition coefficient (Wildman–Crippen LogP) is 21.8. The molecule has 2 unspecified atom stereocenters. The topological polar surface area (TPSA) is 111 Å². The number of carboxylic acid groups (broad SMARTS) is 1. The van der Waals surface area contributed by atoms with Gasteiger partial charge in [-0.05, 0) is 103 Å². The van der Waals surface area contributed by atoms with E-state index in [-0.39, 0.29) is 38.6 Å². The number of unbranched alkanes of at least 4 members (excludes halogenated alkanes) is 32. The minimum atomic E-state index is -1.63. The van der Waals surface area contributed by atoms with Crippen molar-refractivity contribution >= 4 is 17.9 Å². The Morgan fingerprint density at radius 2 is 0.607 bits per heavy atom. The summed E-state index contributed by atoms with van der Waals surface area (Å²) < 4.78 is 22.8. The van der Waals surface area contributed by atoms with Gasteiger partial charge in [0.15, 0.2) is 12.4 Å². The fourth-order valence-corrected chi connectivity index (χ4v) is 10.2. The first-order valence-electron chi connectivity index (χ1n) is 36.7. The number of esters is 2. The van der Waals surface area contributed by atoms with Gasteiger partial charge in [0.1, 0.15) is 13.2 Å². The van der Waals surface area contributed by atoms with Crippen molar-refractivity contribution < 1.29 is 42.9 Å². The summed E-state index contributed by atoms with van der Waals surface area (Å²) in [4.78, 5) is 37.5. The quantitative estimate of drug-likeness (QED) is 0.0195. The second-order valence-electron chi connectivity index (χ2n) is 25.5. The Balaban J connectivity index is 4.01. The minimum absolute atomic E-state index is 0.142. The number of carbonyl (C=O) groups is 3. The molecule has 2 atom stereocenters. The first kappa shape index (κ1) is 84.7. The van der Waals surface area contributed by atoms with E-state index in [1.54, 1.807) is 0 Å². The van der Waals surface area contributed by atoms with Crippen molar-refractivity contribution in [1.82, 2.24) is 0 Å². The molecular weight excluding hydrogens is 1100 g/mol. The standard InChI is InChI=1S/C80H137NO8/c1-6-8-10-12-14-16-18-20-22-24-26-28-30-31-32-33-34-35-36-37-38-39-40-41-42-43-44-45-46-47-49-51-53-55-57-59-61-63-65-67-69-71-78(83)89-76(75-88-80(79(84)85)86-73-72-81(3,4)5)74-87-77(82)70-68-66-64-62-60-58-56-54-52-50-48-29-27-25-23-21-19-17-15-13-11-9-7-2/h8-11,14-17,20-23,26-29,31-32,50,52,76,80H,6-7,12-13,18-19,24-25,30,33-49,51,53-75H2,1-5H3/b10-8-,11-9-,16-14-,17-15-,22-20-,23-21-,28-26-,29-27-,32-31-,52-50-. The van der Waals surface area contributed by atoms with Crippen LogP contribution in [0.15, 0.2) is 122 Å². The van der Waals surface area contributed by atoms with Crippen molar-refractivity contribution in [2.45, 2.75) is 322 Å². The zero-order valence-corrected chi connectivity index (χ0v) is 58.3. The fraction of sp³-hybridized carbons (Fsp3) is 0.713. The van der Waals surface area contributed by atoms with E-state index >= 15 is 0 Å². The van der Waals surface area contributed by atoms with Crippen LogP contribution in [0.5, 0.6) is 0 Å². The van der Waals surface area contributed by atoms with Crippen LogP contribution in [0.4, 0.5) is 0 Å². The summed E-state index contributed by atoms with van der Waals surface area (Å²) in [5.74, 6) is -2.29. The Bertz CT molecular complexity index is 1880. The third-order valence-electron chi connectivity index (χ3n) is 15.7. The number of carbonyl (C=O) groups excluding carboxylic acids is 3. The van der Waals surface area contributed by atoms with Crippen molar-refractivity contribution in [2.24, 2.45) is 0 Å². The Kier molecular flexibility index (Phi) is 66.2. The lowest BCUT2D eigenvalue weighted by atomic mass is 10.0. The normalized spacial score (nSPS) is 13.4. The molecule has 0 aromatic rings. The van der Waals surface area contributed by atoms with Crippen LogP contribution >= 0.6 is 0 Å². The van der Waals surface area contributed by atoms with Crippen LogP contribution in [0.3, 0.4) is 0 Å². The molecule has 0 aromatic carbocycles. The molecule has 0 amide bonds. The lowest BCUT2D eigenvalue weighted by molar-refractivity contribution is -0.870. The van der Waals surface area contributed by atoms with Crippen LogP contribution in [0.2, 0.25) is 0 Å². The number of ether oxygens (including phenoxy) is 4. The number of rotatable bonds is 67. The number of likely N-dealkylation sites (N-methyl/N-ethyl adjacent to an activating group) is 1. The van der Waals surface area contributed by atoms with Crippen LogP contribution in [0, 0.1) is 0 Å². The monoisotopic (exact) mass is 1240 g/mol. The lowest BCUT2D eigenvalue weighted by Crippen LogP contribution is -2.44. The van der Waals surface area contributed by atoms with Gasteiger partial charge in [-0.15, -0.1) is 0 Å². The summed E-state index contributed by atoms with van der Waals surface area (Å²) in [6, 6.07) is 0. The summed E-state index contributed by atoms with van der Waals surface area (Å²) >= 11 is 0. The number of quaternary nitrogens is 1. The highest BCUT2D eigenvalue weighted by Gasteiger charge is 2.22. The van der Waals surface area contributed by atoms with Gasteiger partial charge >= 0.3 is 11.9 Å². The fourth-order valence-electron chi connectivity index (χ4n) is 10.2. The SMILES string of the molecule is CC/C=C\C/C=C\C/C=C\C/C=C\C/C=C\CCCCCCCCCCCCCCCCCCCCCCCCCCCC(=O)OC(COC(=O)CCCCCCCCC/C=C\C/C=C\C/C=C\C/C=C\C/C=C\CC)COC(OCC[N+](C)(C)C)C(=O)[O-]. The largest absolute Gasteiger partial charge is 0.545 e. The van der Waals surface area contributed by atoms with Crippen LogP contribution < -0.4 is 5.11 Å². The number of aliphatic carboxylic acids is 1. The Morgan fingerprint density at radius 1 is 0.337 bits per heavy atom. The molecule has 0 saturated carbocycles. The van der Waals surface area contributed by atoms with Crippen LogP contribution in [-0.4, -0.2) is 82.3 Å². The maximum absolute atomic E-state index is 12.9. The minimum Gasteiger partial charge on any atom is -0.545 e. The van der Waals surface area contributed by atoms with Crippen molar-refractivity contribution in [3.8, 4) is 0 Å². The number of allylic oxidation sites excluding steroid dienone is 20. The molecule has 9 nitrogen and oxygen atoms in total. The molecule has 0 heterocycles. The first-order valence-corrected chi connectivity index (χ1v) is 36.7. The van der Waals surface area contributed by atoms with Gasteiger partial charge in [0.2, 0.25) is 0 Å². The third kappa shape index (κ3) is 71.0. The van der Waals surface area contributed by atoms with Gasteiger partial charge in [-0.3, -0.25) is 9.59 Å². The van der Waals surface area contributed by atoms with E-state index in [1.165, 1.54) is 167 Å². The molecule has 0 saturated heterocycles. The van der Waals surface area contributed by atoms with E-state index in [1.807, 2.05) is 21.1 Å². The summed E-state index contributed by atoms with van der Waals surface area (Å²) in [5.41, 5.74) is 0. The Hall–Kier alpha value is -4.31. The maximum Gasteiger partial charge on any atom is 0.306 e. The van der Waals surface area contributed by atoms with Crippen molar-refractivity contribution in [2.75, 3.05) is 47.5 Å². The molecule has 0 spiro atoms. The molecule has 89 heavy (non-hydrogen) atoms. The van der Waals surface area contributed by atoms with Gasteiger partial charge in [0, 0.05) is 12.8 Å². The summed E-state index contributed by atoms with van der Waals surface area (Å²) in [6.45, 7) is 4.53. The van der Waals surface area contributed by atoms with Gasteiger partial charge in [0.05, 0.1) is 40.3 Å². The molecular formula is C80H137NO8. The van der Waals surface area contributed by atoms with E-state index in [4.69, 9.17) is 18.9 Å². The highest BCUT2D eigenvalue weighted by Crippen LogP contribution is 2.18. The second-order valence-corrected chi connectivity index (χ2v) is 25.5. The van der Waals surface area contributed by atoms with Gasteiger partial charge < -0.3 is 33.3 Å². The highest BCUT2D eigenvalue weighted by atomic mass is 16.7. The zero-order chi connectivity index (χ0) is 64.7.